The summed E-state index contributed by atoms with van der Waals surface area (Å²) in [5, 5.41) is 0. The molecule has 0 aromatic carbocycles. The second kappa shape index (κ2) is 42.3. The lowest BCUT2D eigenvalue weighted by atomic mass is 10.1. The number of rotatable bonds is 37. The van der Waals surface area contributed by atoms with E-state index in [2.05, 4.69) is 45.1 Å². The van der Waals surface area contributed by atoms with E-state index in [-0.39, 0.29) is 31.1 Å². The zero-order valence-electron chi connectivity index (χ0n) is 34.7. The van der Waals surface area contributed by atoms with Gasteiger partial charge >= 0.3 is 17.9 Å². The lowest BCUT2D eigenvalue weighted by Gasteiger charge is -2.18. The minimum absolute atomic E-state index is 0.0960. The SMILES string of the molecule is CC\C=C/C=C\C=C/C=C\C=C\C=C/CCCCCC(=O)OCC(COC(=O)CCCCCCCCCCC)OC(=O)CCCCCC/C=C\CCCC. The van der Waals surface area contributed by atoms with Gasteiger partial charge in [0, 0.05) is 19.3 Å². The third-order valence-electron chi connectivity index (χ3n) is 8.80. The fourth-order valence-corrected chi connectivity index (χ4v) is 5.51. The van der Waals surface area contributed by atoms with Gasteiger partial charge in [0.15, 0.2) is 6.10 Å². The van der Waals surface area contributed by atoms with E-state index in [9.17, 15) is 14.4 Å². The number of esters is 3. The van der Waals surface area contributed by atoms with Gasteiger partial charge in [-0.1, -0.05) is 189 Å². The second-order valence-electron chi connectivity index (χ2n) is 14.0. The van der Waals surface area contributed by atoms with Crippen molar-refractivity contribution in [1.82, 2.24) is 0 Å². The van der Waals surface area contributed by atoms with Gasteiger partial charge < -0.3 is 14.2 Å². The van der Waals surface area contributed by atoms with Gasteiger partial charge in [-0.3, -0.25) is 14.4 Å². The summed E-state index contributed by atoms with van der Waals surface area (Å²) in [4.78, 5) is 37.6. The summed E-state index contributed by atoms with van der Waals surface area (Å²) in [7, 11) is 0. The van der Waals surface area contributed by atoms with Crippen LogP contribution in [0.2, 0.25) is 0 Å². The molecular formula is C48H78O6. The molecule has 0 aliphatic heterocycles. The molecule has 6 nitrogen and oxygen atoms in total. The molecule has 1 unspecified atom stereocenters. The highest BCUT2D eigenvalue weighted by molar-refractivity contribution is 5.71. The third kappa shape index (κ3) is 39.8. The maximum Gasteiger partial charge on any atom is 0.306 e. The van der Waals surface area contributed by atoms with Crippen LogP contribution in [0.1, 0.15) is 181 Å². The van der Waals surface area contributed by atoms with Crippen LogP contribution in [0.15, 0.2) is 85.1 Å². The largest absolute Gasteiger partial charge is 0.462 e. The van der Waals surface area contributed by atoms with Gasteiger partial charge in [-0.25, -0.2) is 0 Å². The van der Waals surface area contributed by atoms with Gasteiger partial charge in [0.25, 0.3) is 0 Å². The van der Waals surface area contributed by atoms with E-state index < -0.39 is 6.10 Å². The molecule has 306 valence electrons. The van der Waals surface area contributed by atoms with E-state index in [1.807, 2.05) is 60.8 Å². The molecule has 54 heavy (non-hydrogen) atoms. The molecule has 0 bridgehead atoms. The van der Waals surface area contributed by atoms with Crippen LogP contribution >= 0.6 is 0 Å². The molecule has 0 amide bonds. The van der Waals surface area contributed by atoms with Crippen LogP contribution in [0.5, 0.6) is 0 Å². The standard InChI is InChI=1S/C48H78O6/c1-4-7-10-13-16-19-21-22-23-24-25-26-27-30-32-35-38-41-47(50)53-44-45(43-52-46(49)40-37-34-31-28-18-15-12-9-6-3)54-48(51)42-39-36-33-29-20-17-14-11-8-5-2/h7,10,13-14,16-17,19,21-27,45H,4-6,8-9,11-12,15,18,20,28-44H2,1-3H3/b10-7-,16-13-,17-14-,21-19-,23-22-,25-24+,27-26-. The Kier molecular flexibility index (Phi) is 39.7. The second-order valence-corrected chi connectivity index (χ2v) is 14.0. The number of carbonyl (C=O) groups is 3. The predicted molar refractivity (Wildman–Crippen MR) is 228 cm³/mol. The molecule has 0 radical (unpaired) electrons. The Morgan fingerprint density at radius 1 is 0.389 bits per heavy atom. The Hall–Kier alpha value is -3.41. The lowest BCUT2D eigenvalue weighted by Crippen LogP contribution is -2.30. The molecule has 0 N–H and O–H groups in total. The number of hydrogen-bond acceptors (Lipinski definition) is 6. The van der Waals surface area contributed by atoms with Crippen molar-refractivity contribution in [1.29, 1.82) is 0 Å². The number of unbranched alkanes of at least 4 members (excludes halogenated alkanes) is 17. The summed E-state index contributed by atoms with van der Waals surface area (Å²) in [6.07, 6.45) is 52.8. The zero-order valence-corrected chi connectivity index (χ0v) is 34.7. The molecule has 6 heteroatoms. The summed E-state index contributed by atoms with van der Waals surface area (Å²) in [6.45, 7) is 6.35. The van der Waals surface area contributed by atoms with Crippen LogP contribution in [0, 0.1) is 0 Å². The van der Waals surface area contributed by atoms with Crippen molar-refractivity contribution < 1.29 is 28.6 Å². The molecule has 0 fully saturated rings. The van der Waals surface area contributed by atoms with Crippen molar-refractivity contribution in [3.05, 3.63) is 85.1 Å². The molecule has 0 rings (SSSR count). The Morgan fingerprint density at radius 2 is 0.759 bits per heavy atom. The van der Waals surface area contributed by atoms with Gasteiger partial charge in [-0.2, -0.15) is 0 Å². The van der Waals surface area contributed by atoms with Gasteiger partial charge in [0.2, 0.25) is 0 Å². The van der Waals surface area contributed by atoms with Crippen LogP contribution in [0.25, 0.3) is 0 Å². The van der Waals surface area contributed by atoms with Crippen molar-refractivity contribution in [3.8, 4) is 0 Å². The molecule has 0 aromatic heterocycles. The molecule has 0 heterocycles. The highest BCUT2D eigenvalue weighted by atomic mass is 16.6. The number of carbonyl (C=O) groups excluding carboxylic acids is 3. The first-order chi connectivity index (χ1) is 26.5. The average molecular weight is 751 g/mol. The Morgan fingerprint density at radius 3 is 1.26 bits per heavy atom. The Bertz CT molecular complexity index is 1090. The van der Waals surface area contributed by atoms with Crippen LogP contribution in [0.4, 0.5) is 0 Å². The van der Waals surface area contributed by atoms with Crippen molar-refractivity contribution in [3.63, 3.8) is 0 Å². The topological polar surface area (TPSA) is 78.9 Å². The van der Waals surface area contributed by atoms with E-state index in [1.165, 1.54) is 51.4 Å². The van der Waals surface area contributed by atoms with Crippen molar-refractivity contribution in [2.75, 3.05) is 13.2 Å². The van der Waals surface area contributed by atoms with Gasteiger partial charge in [-0.15, -0.1) is 0 Å². The highest BCUT2D eigenvalue weighted by Crippen LogP contribution is 2.13. The van der Waals surface area contributed by atoms with Crippen LogP contribution in [-0.2, 0) is 28.6 Å². The molecule has 0 saturated carbocycles. The van der Waals surface area contributed by atoms with Crippen LogP contribution < -0.4 is 0 Å². The smallest absolute Gasteiger partial charge is 0.306 e. The minimum Gasteiger partial charge on any atom is -0.462 e. The highest BCUT2D eigenvalue weighted by Gasteiger charge is 2.19. The molecule has 0 aliphatic rings. The van der Waals surface area contributed by atoms with Crippen molar-refractivity contribution in [2.24, 2.45) is 0 Å². The summed E-state index contributed by atoms with van der Waals surface area (Å²) >= 11 is 0. The minimum atomic E-state index is -0.796. The number of hydrogen-bond donors (Lipinski definition) is 0. The maximum absolute atomic E-state index is 12.6. The van der Waals surface area contributed by atoms with E-state index >= 15 is 0 Å². The van der Waals surface area contributed by atoms with E-state index in [0.29, 0.717) is 19.3 Å². The van der Waals surface area contributed by atoms with Gasteiger partial charge in [0.05, 0.1) is 0 Å². The van der Waals surface area contributed by atoms with Crippen LogP contribution in [0.3, 0.4) is 0 Å². The molecule has 0 aliphatic carbocycles. The first-order valence-corrected chi connectivity index (χ1v) is 21.7. The first kappa shape index (κ1) is 50.6. The summed E-state index contributed by atoms with van der Waals surface area (Å²) in [6, 6.07) is 0. The van der Waals surface area contributed by atoms with Crippen LogP contribution in [-0.4, -0.2) is 37.2 Å². The lowest BCUT2D eigenvalue weighted by molar-refractivity contribution is -0.167. The fourth-order valence-electron chi connectivity index (χ4n) is 5.51. The average Bonchev–Trinajstić information content (AvgIpc) is 3.17. The molecule has 1 atom stereocenters. The normalized spacial score (nSPS) is 12.9. The Labute approximate surface area is 331 Å². The van der Waals surface area contributed by atoms with E-state index in [0.717, 1.165) is 89.9 Å². The molecule has 0 aromatic rings. The molecule has 0 saturated heterocycles. The number of allylic oxidation sites excluding steroid dienone is 14. The summed E-state index contributed by atoms with van der Waals surface area (Å²) < 4.78 is 16.6. The Balaban J connectivity index is 4.47. The third-order valence-corrected chi connectivity index (χ3v) is 8.80. The predicted octanol–water partition coefficient (Wildman–Crippen LogP) is 13.7. The fraction of sp³-hybridized carbons (Fsp3) is 0.646. The van der Waals surface area contributed by atoms with Crippen molar-refractivity contribution in [2.45, 2.75) is 187 Å². The first-order valence-electron chi connectivity index (χ1n) is 21.7. The molecular weight excluding hydrogens is 673 g/mol. The monoisotopic (exact) mass is 751 g/mol. The van der Waals surface area contributed by atoms with Crippen molar-refractivity contribution >= 4 is 17.9 Å². The maximum atomic E-state index is 12.6. The number of ether oxygens (including phenoxy) is 3. The van der Waals surface area contributed by atoms with Gasteiger partial charge in [-0.05, 0) is 57.8 Å². The molecule has 0 spiro atoms. The quantitative estimate of drug-likeness (QED) is 0.0207. The zero-order chi connectivity index (χ0) is 39.4. The van der Waals surface area contributed by atoms with E-state index in [1.54, 1.807) is 0 Å². The summed E-state index contributed by atoms with van der Waals surface area (Å²) in [5.41, 5.74) is 0. The van der Waals surface area contributed by atoms with E-state index in [4.69, 9.17) is 14.2 Å². The summed E-state index contributed by atoms with van der Waals surface area (Å²) in [5.74, 6) is -0.968. The van der Waals surface area contributed by atoms with Gasteiger partial charge in [0.1, 0.15) is 13.2 Å².